The second-order valence-electron chi connectivity index (χ2n) is 6.46. The van der Waals surface area contributed by atoms with Gasteiger partial charge in [-0.05, 0) is 32.1 Å². The molecular weight excluding hydrogens is 294 g/mol. The molecule has 0 atom stereocenters. The summed E-state index contributed by atoms with van der Waals surface area (Å²) in [6, 6.07) is 0. The number of likely N-dealkylation sites (tertiary alicyclic amines) is 3. The summed E-state index contributed by atoms with van der Waals surface area (Å²) in [7, 11) is 5.57. The Kier molecular flexibility index (Phi) is 8.66. The van der Waals surface area contributed by atoms with Gasteiger partial charge in [-0.25, -0.2) is 0 Å². The lowest BCUT2D eigenvalue weighted by Crippen LogP contribution is -2.31. The minimum atomic E-state index is 0.292. The van der Waals surface area contributed by atoms with Crippen LogP contribution in [0.2, 0.25) is 0 Å². The van der Waals surface area contributed by atoms with Crippen LogP contribution in [0.3, 0.4) is 0 Å². The highest BCUT2D eigenvalue weighted by atomic mass is 16.2. The number of carbonyl (C=O) groups excluding carboxylic acids is 3. The SMILES string of the molecule is CN1CCCC1=O.CN1CCCCC1=O.CN1CCCCC1=O. The molecule has 3 fully saturated rings. The van der Waals surface area contributed by atoms with E-state index in [0.29, 0.717) is 17.7 Å². The fourth-order valence-electron chi connectivity index (χ4n) is 2.66. The van der Waals surface area contributed by atoms with E-state index >= 15 is 0 Å². The second-order valence-corrected chi connectivity index (χ2v) is 6.46. The molecule has 23 heavy (non-hydrogen) atoms. The van der Waals surface area contributed by atoms with Crippen LogP contribution < -0.4 is 0 Å². The molecule has 3 aliphatic heterocycles. The van der Waals surface area contributed by atoms with E-state index in [4.69, 9.17) is 0 Å². The van der Waals surface area contributed by atoms with Crippen LogP contribution >= 0.6 is 0 Å². The Hall–Kier alpha value is -1.59. The maximum atomic E-state index is 10.7. The van der Waals surface area contributed by atoms with Crippen molar-refractivity contribution in [2.75, 3.05) is 40.8 Å². The Bertz CT molecular complexity index is 386. The molecule has 0 aromatic rings. The molecule has 0 bridgehead atoms. The van der Waals surface area contributed by atoms with E-state index in [2.05, 4.69) is 0 Å². The van der Waals surface area contributed by atoms with Crippen molar-refractivity contribution in [1.82, 2.24) is 14.7 Å². The van der Waals surface area contributed by atoms with Crippen molar-refractivity contribution in [2.45, 2.75) is 51.4 Å². The van der Waals surface area contributed by atoms with Crippen LogP contribution in [0, 0.1) is 0 Å². The lowest BCUT2D eigenvalue weighted by atomic mass is 10.1. The number of hydrogen-bond donors (Lipinski definition) is 0. The molecule has 132 valence electrons. The average Bonchev–Trinajstić information content (AvgIpc) is 2.90. The predicted octanol–water partition coefficient (Wildman–Crippen LogP) is 1.50. The highest BCUT2D eigenvalue weighted by molar-refractivity contribution is 5.77. The second kappa shape index (κ2) is 10.2. The third-order valence-electron chi connectivity index (χ3n) is 4.43. The van der Waals surface area contributed by atoms with E-state index in [1.54, 1.807) is 14.7 Å². The number of nitrogens with zero attached hydrogens (tertiary/aromatic N) is 3. The van der Waals surface area contributed by atoms with Gasteiger partial charge in [0, 0.05) is 60.0 Å². The standard InChI is InChI=1S/2C6H11NO.C5H9NO/c2*1-7-5-3-2-4-6(7)8;1-6-4-2-3-5(6)7/h2*2-5H2,1H3;2-4H2,1H3. The lowest BCUT2D eigenvalue weighted by molar-refractivity contribution is -0.132. The number of amides is 3. The molecule has 0 unspecified atom stereocenters. The summed E-state index contributed by atoms with van der Waals surface area (Å²) in [6.07, 6.45) is 7.87. The van der Waals surface area contributed by atoms with Crippen LogP contribution in [0.1, 0.15) is 51.4 Å². The molecule has 0 saturated carbocycles. The first-order chi connectivity index (χ1) is 10.9. The Morgan fingerprint density at radius 3 is 1.00 bits per heavy atom. The Morgan fingerprint density at radius 2 is 0.826 bits per heavy atom. The predicted molar refractivity (Wildman–Crippen MR) is 89.8 cm³/mol. The Balaban J connectivity index is 0.000000173. The van der Waals surface area contributed by atoms with Crippen LogP contribution in [-0.4, -0.2) is 73.2 Å². The largest absolute Gasteiger partial charge is 0.346 e. The fourth-order valence-corrected chi connectivity index (χ4v) is 2.66. The van der Waals surface area contributed by atoms with E-state index in [0.717, 1.165) is 58.2 Å². The zero-order valence-electron chi connectivity index (χ0n) is 14.8. The van der Waals surface area contributed by atoms with Gasteiger partial charge in [-0.3, -0.25) is 14.4 Å². The third-order valence-corrected chi connectivity index (χ3v) is 4.43. The van der Waals surface area contributed by atoms with Gasteiger partial charge in [0.15, 0.2) is 0 Å². The van der Waals surface area contributed by atoms with Crippen molar-refractivity contribution >= 4 is 17.7 Å². The summed E-state index contributed by atoms with van der Waals surface area (Å²) >= 11 is 0. The molecule has 3 aliphatic rings. The quantitative estimate of drug-likeness (QED) is 0.678. The van der Waals surface area contributed by atoms with E-state index < -0.39 is 0 Å². The van der Waals surface area contributed by atoms with Gasteiger partial charge in [0.1, 0.15) is 0 Å². The summed E-state index contributed by atoms with van der Waals surface area (Å²) in [5.41, 5.74) is 0. The number of piperidine rings is 2. The molecule has 0 aromatic heterocycles. The topological polar surface area (TPSA) is 60.9 Å². The van der Waals surface area contributed by atoms with Crippen LogP contribution in [-0.2, 0) is 14.4 Å². The van der Waals surface area contributed by atoms with Crippen LogP contribution in [0.4, 0.5) is 0 Å². The van der Waals surface area contributed by atoms with E-state index in [1.165, 1.54) is 12.8 Å². The molecule has 6 heteroatoms. The van der Waals surface area contributed by atoms with Gasteiger partial charge in [-0.1, -0.05) is 0 Å². The van der Waals surface area contributed by atoms with Crippen LogP contribution in [0.5, 0.6) is 0 Å². The van der Waals surface area contributed by atoms with E-state index in [1.807, 2.05) is 21.1 Å². The smallest absolute Gasteiger partial charge is 0.222 e. The van der Waals surface area contributed by atoms with Gasteiger partial charge < -0.3 is 14.7 Å². The first kappa shape index (κ1) is 19.5. The van der Waals surface area contributed by atoms with Crippen molar-refractivity contribution in [2.24, 2.45) is 0 Å². The minimum absolute atomic E-state index is 0.292. The van der Waals surface area contributed by atoms with E-state index in [9.17, 15) is 14.4 Å². The maximum Gasteiger partial charge on any atom is 0.222 e. The van der Waals surface area contributed by atoms with Gasteiger partial charge in [0.25, 0.3) is 0 Å². The molecule has 3 heterocycles. The normalized spacial score (nSPS) is 21.5. The first-order valence-corrected chi connectivity index (χ1v) is 8.63. The highest BCUT2D eigenvalue weighted by Crippen LogP contribution is 2.07. The van der Waals surface area contributed by atoms with Gasteiger partial charge in [-0.2, -0.15) is 0 Å². The van der Waals surface area contributed by atoms with E-state index in [-0.39, 0.29) is 0 Å². The van der Waals surface area contributed by atoms with Crippen molar-refractivity contribution in [1.29, 1.82) is 0 Å². The summed E-state index contributed by atoms with van der Waals surface area (Å²) in [4.78, 5) is 37.3. The third kappa shape index (κ3) is 7.48. The van der Waals surface area contributed by atoms with Crippen LogP contribution in [0.25, 0.3) is 0 Å². The van der Waals surface area contributed by atoms with Gasteiger partial charge in [0.05, 0.1) is 0 Å². The van der Waals surface area contributed by atoms with Gasteiger partial charge >= 0.3 is 0 Å². The molecule has 3 amide bonds. The fraction of sp³-hybridized carbons (Fsp3) is 0.824. The lowest BCUT2D eigenvalue weighted by Gasteiger charge is -2.21. The zero-order valence-corrected chi connectivity index (χ0v) is 14.8. The Labute approximate surface area is 139 Å². The zero-order chi connectivity index (χ0) is 17.2. The number of rotatable bonds is 0. The Morgan fingerprint density at radius 1 is 0.522 bits per heavy atom. The molecule has 0 aliphatic carbocycles. The monoisotopic (exact) mass is 325 g/mol. The molecule has 0 spiro atoms. The van der Waals surface area contributed by atoms with Gasteiger partial charge in [0.2, 0.25) is 17.7 Å². The summed E-state index contributed by atoms with van der Waals surface area (Å²) < 4.78 is 0. The summed E-state index contributed by atoms with van der Waals surface area (Å²) in [5, 5.41) is 0. The van der Waals surface area contributed by atoms with Gasteiger partial charge in [-0.15, -0.1) is 0 Å². The number of hydrogen-bond acceptors (Lipinski definition) is 3. The molecule has 3 rings (SSSR count). The van der Waals surface area contributed by atoms with Crippen LogP contribution in [0.15, 0.2) is 0 Å². The van der Waals surface area contributed by atoms with Crippen molar-refractivity contribution < 1.29 is 14.4 Å². The molecular formula is C17H31N3O3. The summed E-state index contributed by atoms with van der Waals surface area (Å²) in [6.45, 7) is 2.87. The summed E-state index contributed by atoms with van der Waals surface area (Å²) in [5.74, 6) is 0.896. The van der Waals surface area contributed by atoms with Crippen molar-refractivity contribution in [3.63, 3.8) is 0 Å². The molecule has 0 aromatic carbocycles. The first-order valence-electron chi connectivity index (χ1n) is 8.63. The van der Waals surface area contributed by atoms with Crippen molar-refractivity contribution in [3.8, 4) is 0 Å². The molecule has 6 nitrogen and oxygen atoms in total. The highest BCUT2D eigenvalue weighted by Gasteiger charge is 2.14. The molecule has 0 N–H and O–H groups in total. The minimum Gasteiger partial charge on any atom is -0.346 e. The average molecular weight is 325 g/mol. The number of carbonyl (C=O) groups is 3. The maximum absolute atomic E-state index is 10.7. The van der Waals surface area contributed by atoms with Crippen molar-refractivity contribution in [3.05, 3.63) is 0 Å². The molecule has 0 radical (unpaired) electrons. The molecule has 3 saturated heterocycles.